The maximum atomic E-state index is 11.8. The summed E-state index contributed by atoms with van der Waals surface area (Å²) in [4.78, 5) is 24.5. The van der Waals surface area contributed by atoms with Crippen LogP contribution in [0.1, 0.15) is 25.5 Å². The fourth-order valence-electron chi connectivity index (χ4n) is 2.27. The molecule has 5 nitrogen and oxygen atoms in total. The number of esters is 1. The van der Waals surface area contributed by atoms with E-state index in [1.54, 1.807) is 0 Å². The van der Waals surface area contributed by atoms with Crippen molar-refractivity contribution in [2.24, 2.45) is 0 Å². The number of carbonyl (C=O) groups is 2. The van der Waals surface area contributed by atoms with E-state index in [9.17, 15) is 9.59 Å². The van der Waals surface area contributed by atoms with Gasteiger partial charge in [-0.25, -0.2) is 0 Å². The van der Waals surface area contributed by atoms with E-state index in [4.69, 9.17) is 9.47 Å². The van der Waals surface area contributed by atoms with E-state index >= 15 is 0 Å². The smallest absolute Gasteiger partial charge is 0.303 e. The van der Waals surface area contributed by atoms with Crippen LogP contribution in [0.3, 0.4) is 0 Å². The lowest BCUT2D eigenvalue weighted by atomic mass is 10.1. The molecule has 0 spiro atoms. The topological polar surface area (TPSA) is 55.8 Å². The number of halogens is 1. The maximum Gasteiger partial charge on any atom is 0.303 e. The number of amides is 1. The molecule has 1 amide bonds. The zero-order chi connectivity index (χ0) is 14.2. The van der Waals surface area contributed by atoms with Gasteiger partial charge in [0.25, 0.3) is 0 Å². The van der Waals surface area contributed by atoms with Crippen molar-refractivity contribution in [3.8, 4) is 0 Å². The predicted molar refractivity (Wildman–Crippen MR) is 72.6 cm³/mol. The summed E-state index contributed by atoms with van der Waals surface area (Å²) in [6.45, 7) is 2.79. The molecule has 1 heterocycles. The molecule has 1 aromatic rings. The van der Waals surface area contributed by atoms with E-state index in [0.29, 0.717) is 5.69 Å². The van der Waals surface area contributed by atoms with Gasteiger partial charge in [0.15, 0.2) is 12.3 Å². The van der Waals surface area contributed by atoms with Crippen LogP contribution >= 0.6 is 15.9 Å². The lowest BCUT2D eigenvalue weighted by molar-refractivity contribution is -0.154. The quantitative estimate of drug-likeness (QED) is 0.782. The SMILES string of the molecule is COC1C(OC(C)=O)c2ccc(Br)cc2N1C(C)=O. The molecule has 2 atom stereocenters. The molecule has 0 aromatic heterocycles. The number of nitrogens with zero attached hydrogens (tertiary/aromatic N) is 1. The molecular formula is C13H14BrNO4. The summed E-state index contributed by atoms with van der Waals surface area (Å²) in [7, 11) is 1.48. The third-order valence-corrected chi connectivity index (χ3v) is 3.44. The molecule has 102 valence electrons. The van der Waals surface area contributed by atoms with E-state index in [0.717, 1.165) is 10.0 Å². The number of ether oxygens (including phenoxy) is 2. The number of methoxy groups -OCH3 is 1. The van der Waals surface area contributed by atoms with Crippen LogP contribution in [-0.4, -0.2) is 25.2 Å². The Balaban J connectivity index is 2.52. The summed E-state index contributed by atoms with van der Waals surface area (Å²) in [6, 6.07) is 5.47. The lowest BCUT2D eigenvalue weighted by Gasteiger charge is -2.25. The molecule has 0 N–H and O–H groups in total. The minimum Gasteiger partial charge on any atom is -0.453 e. The summed E-state index contributed by atoms with van der Waals surface area (Å²) < 4.78 is 11.5. The van der Waals surface area contributed by atoms with E-state index < -0.39 is 18.3 Å². The van der Waals surface area contributed by atoms with Crippen LogP contribution in [0.25, 0.3) is 0 Å². The van der Waals surface area contributed by atoms with Crippen LogP contribution in [0.15, 0.2) is 22.7 Å². The van der Waals surface area contributed by atoms with Gasteiger partial charge in [0.1, 0.15) is 0 Å². The molecule has 0 saturated heterocycles. The molecule has 1 aromatic carbocycles. The first-order chi connectivity index (χ1) is 8.95. The first-order valence-corrected chi connectivity index (χ1v) is 6.54. The van der Waals surface area contributed by atoms with Crippen LogP contribution in [0, 0.1) is 0 Å². The predicted octanol–water partition coefficient (Wildman–Crippen LogP) is 2.39. The number of carbonyl (C=O) groups excluding carboxylic acids is 2. The van der Waals surface area contributed by atoms with E-state index in [-0.39, 0.29) is 5.91 Å². The fraction of sp³-hybridized carbons (Fsp3) is 0.385. The van der Waals surface area contributed by atoms with Gasteiger partial charge in [0.05, 0.1) is 5.69 Å². The second-order valence-corrected chi connectivity index (χ2v) is 5.16. The van der Waals surface area contributed by atoms with E-state index in [2.05, 4.69) is 15.9 Å². The normalized spacial score (nSPS) is 21.2. The maximum absolute atomic E-state index is 11.8. The van der Waals surface area contributed by atoms with Crippen molar-refractivity contribution < 1.29 is 19.1 Å². The van der Waals surface area contributed by atoms with Gasteiger partial charge >= 0.3 is 5.97 Å². The zero-order valence-electron chi connectivity index (χ0n) is 10.8. The highest BCUT2D eigenvalue weighted by molar-refractivity contribution is 9.10. The number of benzene rings is 1. The number of fused-ring (bicyclic) bond motifs is 1. The largest absolute Gasteiger partial charge is 0.453 e. The Labute approximate surface area is 119 Å². The van der Waals surface area contributed by atoms with E-state index in [1.807, 2.05) is 18.2 Å². The molecule has 0 radical (unpaired) electrons. The Kier molecular flexibility index (Phi) is 3.91. The van der Waals surface area contributed by atoms with Crippen LogP contribution in [-0.2, 0) is 19.1 Å². The highest BCUT2D eigenvalue weighted by Crippen LogP contribution is 2.43. The Morgan fingerprint density at radius 2 is 2.00 bits per heavy atom. The van der Waals surface area contributed by atoms with Gasteiger partial charge in [-0.1, -0.05) is 22.0 Å². The van der Waals surface area contributed by atoms with Gasteiger partial charge in [0, 0.05) is 31.0 Å². The van der Waals surface area contributed by atoms with Crippen LogP contribution in [0.4, 0.5) is 5.69 Å². The Hall–Kier alpha value is -1.40. The third-order valence-electron chi connectivity index (χ3n) is 2.95. The monoisotopic (exact) mass is 327 g/mol. The first kappa shape index (κ1) is 14.0. The standard InChI is InChI=1S/C13H14BrNO4/c1-7(16)15-11-6-9(14)4-5-10(11)12(13(15)18-3)19-8(2)17/h4-6,12-13H,1-3H3. The molecule has 6 heteroatoms. The highest BCUT2D eigenvalue weighted by Gasteiger charge is 2.43. The summed E-state index contributed by atoms with van der Waals surface area (Å²) in [5.41, 5.74) is 1.46. The third kappa shape index (κ3) is 2.50. The number of hydrogen-bond acceptors (Lipinski definition) is 4. The average Bonchev–Trinajstić information content (AvgIpc) is 2.61. The average molecular weight is 328 g/mol. The van der Waals surface area contributed by atoms with Crippen molar-refractivity contribution >= 4 is 33.5 Å². The van der Waals surface area contributed by atoms with E-state index in [1.165, 1.54) is 25.9 Å². The first-order valence-electron chi connectivity index (χ1n) is 5.75. The summed E-state index contributed by atoms with van der Waals surface area (Å²) >= 11 is 3.37. The number of anilines is 1. The van der Waals surface area contributed by atoms with Crippen molar-refractivity contribution in [1.82, 2.24) is 0 Å². The van der Waals surface area contributed by atoms with Crippen LogP contribution in [0.2, 0.25) is 0 Å². The molecule has 0 aliphatic carbocycles. The fourth-order valence-corrected chi connectivity index (χ4v) is 2.62. The Bertz CT molecular complexity index is 531. The van der Waals surface area contributed by atoms with Crippen molar-refractivity contribution in [1.29, 1.82) is 0 Å². The molecule has 19 heavy (non-hydrogen) atoms. The molecule has 0 bridgehead atoms. The molecule has 0 fully saturated rings. The van der Waals surface area contributed by atoms with Gasteiger partial charge < -0.3 is 9.47 Å². The molecule has 1 aliphatic rings. The van der Waals surface area contributed by atoms with Gasteiger partial charge in [0.2, 0.25) is 5.91 Å². The number of hydrogen-bond donors (Lipinski definition) is 0. The summed E-state index contributed by atoms with van der Waals surface area (Å²) in [6.07, 6.45) is -1.24. The number of rotatable bonds is 2. The van der Waals surface area contributed by atoms with Crippen molar-refractivity contribution in [2.45, 2.75) is 26.2 Å². The summed E-state index contributed by atoms with van der Waals surface area (Å²) in [5, 5.41) is 0. The molecule has 0 saturated carbocycles. The minimum atomic E-state index is -0.634. The Morgan fingerprint density at radius 1 is 1.32 bits per heavy atom. The summed E-state index contributed by atoms with van der Waals surface area (Å²) in [5.74, 6) is -0.577. The van der Waals surface area contributed by atoms with Crippen molar-refractivity contribution in [2.75, 3.05) is 12.0 Å². The molecule has 2 unspecified atom stereocenters. The Morgan fingerprint density at radius 3 is 2.53 bits per heavy atom. The second kappa shape index (κ2) is 5.30. The molecule has 2 rings (SSSR count). The minimum absolute atomic E-state index is 0.166. The van der Waals surface area contributed by atoms with Gasteiger partial charge in [-0.2, -0.15) is 0 Å². The van der Waals surface area contributed by atoms with Gasteiger partial charge in [-0.3, -0.25) is 14.5 Å². The van der Waals surface area contributed by atoms with Gasteiger partial charge in [-0.15, -0.1) is 0 Å². The van der Waals surface area contributed by atoms with Crippen LogP contribution < -0.4 is 4.90 Å². The molecular weight excluding hydrogens is 314 g/mol. The highest BCUT2D eigenvalue weighted by atomic mass is 79.9. The van der Waals surface area contributed by atoms with Crippen LogP contribution in [0.5, 0.6) is 0 Å². The zero-order valence-corrected chi connectivity index (χ0v) is 12.4. The van der Waals surface area contributed by atoms with Crippen molar-refractivity contribution in [3.05, 3.63) is 28.2 Å². The molecule has 1 aliphatic heterocycles. The van der Waals surface area contributed by atoms with Gasteiger partial charge in [-0.05, 0) is 12.1 Å². The second-order valence-electron chi connectivity index (χ2n) is 4.25. The van der Waals surface area contributed by atoms with Crippen molar-refractivity contribution in [3.63, 3.8) is 0 Å². The lowest BCUT2D eigenvalue weighted by Crippen LogP contribution is -2.40.